The SMILES string of the molecule is CC(=O)CNN.CCCC(=N)c1c(Cl)ccc(-n2c(C(Cc3cc(F)cc(F)c3)C(C)C)nc3nc(C4CCC(F)(F)CC4)ccc3c2=O)c1C.CCCCCOCCOC.CSC. The van der Waals surface area contributed by atoms with E-state index in [1.165, 1.54) is 42.9 Å². The Balaban J connectivity index is 0.000000621. The molecule has 2 heterocycles. The first-order valence-electron chi connectivity index (χ1n) is 21.9. The summed E-state index contributed by atoms with van der Waals surface area (Å²) in [5, 5.41) is 9.33. The average molecular weight is 938 g/mol. The van der Waals surface area contributed by atoms with E-state index in [9.17, 15) is 27.2 Å². The lowest BCUT2D eigenvalue weighted by atomic mass is 9.84. The van der Waals surface area contributed by atoms with E-state index in [2.05, 4.69) is 12.3 Å². The summed E-state index contributed by atoms with van der Waals surface area (Å²) in [6.45, 7) is 13.9. The van der Waals surface area contributed by atoms with Crippen LogP contribution in [0.3, 0.4) is 0 Å². The van der Waals surface area contributed by atoms with E-state index in [-0.39, 0.29) is 67.3 Å². The lowest BCUT2D eigenvalue weighted by Crippen LogP contribution is -2.30. The number of hydrogen-bond acceptors (Lipinski definition) is 10. The monoisotopic (exact) mass is 936 g/mol. The number of thioether (sulfide) groups is 1. The first-order valence-corrected chi connectivity index (χ1v) is 23.9. The summed E-state index contributed by atoms with van der Waals surface area (Å²) in [5.74, 6) is 0.301. The third-order valence-corrected chi connectivity index (χ3v) is 10.8. The van der Waals surface area contributed by atoms with Crippen LogP contribution in [0.4, 0.5) is 17.6 Å². The summed E-state index contributed by atoms with van der Waals surface area (Å²) in [4.78, 5) is 34.0. The number of alkyl halides is 2. The van der Waals surface area contributed by atoms with Crippen molar-refractivity contribution in [3.05, 3.63) is 97.7 Å². The first-order chi connectivity index (χ1) is 30.4. The summed E-state index contributed by atoms with van der Waals surface area (Å²) in [5.41, 5.74) is 5.08. The zero-order chi connectivity index (χ0) is 48.0. The predicted octanol–water partition coefficient (Wildman–Crippen LogP) is 11.3. The highest BCUT2D eigenvalue weighted by Gasteiger charge is 2.36. The number of hydrazine groups is 1. The fourth-order valence-electron chi connectivity index (χ4n) is 7.25. The molecule has 0 spiro atoms. The number of carbonyl (C=O) groups is 1. The van der Waals surface area contributed by atoms with Crippen LogP contribution in [0.25, 0.3) is 16.7 Å². The van der Waals surface area contributed by atoms with E-state index in [0.717, 1.165) is 25.7 Å². The van der Waals surface area contributed by atoms with E-state index in [1.807, 2.05) is 40.2 Å². The number of nitrogens with one attached hydrogen (secondary N) is 2. The van der Waals surface area contributed by atoms with Crippen LogP contribution in [0.15, 0.2) is 47.3 Å². The molecule has 0 aliphatic heterocycles. The van der Waals surface area contributed by atoms with E-state index >= 15 is 0 Å². The van der Waals surface area contributed by atoms with Crippen LogP contribution < -0.4 is 16.8 Å². The number of nitrogens with two attached hydrogens (primary N) is 1. The second kappa shape index (κ2) is 29.0. The Morgan fingerprint density at radius 3 is 2.19 bits per heavy atom. The second-order valence-corrected chi connectivity index (χ2v) is 17.5. The summed E-state index contributed by atoms with van der Waals surface area (Å²) < 4.78 is 67.8. The van der Waals surface area contributed by atoms with Gasteiger partial charge < -0.3 is 14.9 Å². The molecule has 10 nitrogen and oxygen atoms in total. The summed E-state index contributed by atoms with van der Waals surface area (Å²) in [6, 6.07) is 10.1. The highest BCUT2D eigenvalue weighted by Crippen LogP contribution is 2.41. The average Bonchev–Trinajstić information content (AvgIpc) is 3.22. The molecule has 5 rings (SSSR count). The number of fused-ring (bicyclic) bond motifs is 1. The minimum atomic E-state index is -2.68. The maximum absolute atomic E-state index is 14.4. The van der Waals surface area contributed by atoms with Crippen LogP contribution in [0.1, 0.15) is 132 Å². The maximum atomic E-state index is 14.4. The molecule has 1 fully saturated rings. The molecular weight excluding hydrogens is 868 g/mol. The molecule has 4 N–H and O–H groups in total. The zero-order valence-electron chi connectivity index (χ0n) is 39.0. The van der Waals surface area contributed by atoms with Gasteiger partial charge >= 0.3 is 0 Å². The molecule has 0 radical (unpaired) electrons. The number of rotatable bonds is 18. The van der Waals surface area contributed by atoms with Crippen molar-refractivity contribution in [2.24, 2.45) is 11.8 Å². The van der Waals surface area contributed by atoms with Gasteiger partial charge in [-0.15, -0.1) is 0 Å². The number of hydrogen-bond donors (Lipinski definition) is 3. The van der Waals surface area contributed by atoms with Gasteiger partial charge in [-0.1, -0.05) is 58.6 Å². The van der Waals surface area contributed by atoms with Crippen molar-refractivity contribution in [1.29, 1.82) is 5.41 Å². The molecule has 2 aromatic carbocycles. The van der Waals surface area contributed by atoms with Gasteiger partial charge in [0.25, 0.3) is 5.56 Å². The first kappa shape index (κ1) is 56.4. The molecule has 1 unspecified atom stereocenters. The summed E-state index contributed by atoms with van der Waals surface area (Å²) >= 11 is 8.33. The number of methoxy groups -OCH3 is 1. The Morgan fingerprint density at radius 1 is 1.02 bits per heavy atom. The molecule has 64 heavy (non-hydrogen) atoms. The van der Waals surface area contributed by atoms with Crippen molar-refractivity contribution in [3.8, 4) is 5.69 Å². The third-order valence-electron chi connectivity index (χ3n) is 10.5. The standard InChI is InChI=1S/C35H37ClF4N4O.C8H18O2.C3H8N2O.C2H6S/c1-5-6-28(41)31-20(4)30(10-8-27(31)36)44-33(26(19(2)3)17-21-15-23(37)18-24(38)16-21)43-32-25(34(44)45)7-9-29(42-32)22-11-13-35(39,40)14-12-22;1-3-4-5-6-10-8-7-9-2;1-3(6)2-5-4;1-3-2/h7-10,15-16,18-19,22,26,41H,5-6,11-14,17H2,1-4H3;3-8H2,1-2H3;5H,2,4H2,1H3;1-2H3. The van der Waals surface area contributed by atoms with Crippen LogP contribution in [0.5, 0.6) is 0 Å². The molecule has 0 saturated heterocycles. The van der Waals surface area contributed by atoms with Crippen molar-refractivity contribution in [2.75, 3.05) is 46.0 Å². The number of nitrogens with zero attached hydrogens (tertiary/aromatic N) is 3. The fraction of sp³-hybridized carbons (Fsp3) is 0.562. The number of ketones is 1. The van der Waals surface area contributed by atoms with Crippen molar-refractivity contribution in [2.45, 2.75) is 124 Å². The molecule has 0 bridgehead atoms. The molecule has 1 aliphatic rings. The molecule has 16 heteroatoms. The molecule has 356 valence electrons. The number of ether oxygens (including phenoxy) is 2. The summed E-state index contributed by atoms with van der Waals surface area (Å²) in [7, 11) is 1.69. The number of unbranched alkanes of at least 4 members (excludes halogenated alkanes) is 2. The second-order valence-electron chi connectivity index (χ2n) is 16.3. The number of halogens is 5. The number of Topliss-reactive ketones (excluding diaryl/α,β-unsaturated/α-hetero) is 1. The molecule has 2 aromatic heterocycles. The van der Waals surface area contributed by atoms with E-state index in [0.29, 0.717) is 57.7 Å². The van der Waals surface area contributed by atoms with Crippen LogP contribution in [0, 0.1) is 29.9 Å². The Kier molecular flexibility index (Phi) is 25.6. The Labute approximate surface area is 386 Å². The predicted molar refractivity (Wildman–Crippen MR) is 255 cm³/mol. The molecular formula is C48H69ClF4N6O4S. The lowest BCUT2D eigenvalue weighted by Gasteiger charge is -2.28. The Bertz CT molecular complexity index is 2100. The molecule has 4 aromatic rings. The normalized spacial score (nSPS) is 13.9. The van der Waals surface area contributed by atoms with E-state index < -0.39 is 29.0 Å². The van der Waals surface area contributed by atoms with Gasteiger partial charge in [-0.05, 0) is 112 Å². The Morgan fingerprint density at radius 2 is 1.66 bits per heavy atom. The van der Waals surface area contributed by atoms with Gasteiger partial charge in [0.05, 0.1) is 35.9 Å². The number of benzene rings is 2. The maximum Gasteiger partial charge on any atom is 0.267 e. The zero-order valence-corrected chi connectivity index (χ0v) is 40.6. The highest BCUT2D eigenvalue weighted by atomic mass is 35.5. The minimum absolute atomic E-state index is 0.0532. The number of carbonyl (C=O) groups excluding carboxylic acids is 1. The number of aromatic nitrogens is 3. The van der Waals surface area contributed by atoms with Crippen LogP contribution in [-0.4, -0.2) is 77.9 Å². The molecule has 1 atom stereocenters. The topological polar surface area (TPSA) is 145 Å². The molecule has 1 aliphatic carbocycles. The largest absolute Gasteiger partial charge is 0.382 e. The number of pyridine rings is 1. The van der Waals surface area contributed by atoms with Crippen LogP contribution in [0.2, 0.25) is 5.02 Å². The van der Waals surface area contributed by atoms with Crippen molar-refractivity contribution in [3.63, 3.8) is 0 Å². The molecule has 0 amide bonds. The van der Waals surface area contributed by atoms with Gasteiger partial charge in [0, 0.05) is 61.4 Å². The lowest BCUT2D eigenvalue weighted by molar-refractivity contribution is -0.116. The van der Waals surface area contributed by atoms with Gasteiger partial charge in [0.15, 0.2) is 5.65 Å². The van der Waals surface area contributed by atoms with Crippen LogP contribution in [-0.2, 0) is 20.7 Å². The van der Waals surface area contributed by atoms with Crippen molar-refractivity contribution < 1.29 is 31.8 Å². The minimum Gasteiger partial charge on any atom is -0.382 e. The highest BCUT2D eigenvalue weighted by molar-refractivity contribution is 7.97. The smallest absolute Gasteiger partial charge is 0.267 e. The fourth-order valence-corrected chi connectivity index (χ4v) is 7.57. The van der Waals surface area contributed by atoms with E-state index in [1.54, 1.807) is 43.1 Å². The third kappa shape index (κ3) is 17.9. The van der Waals surface area contributed by atoms with Gasteiger partial charge in [-0.3, -0.25) is 25.4 Å². The van der Waals surface area contributed by atoms with E-state index in [4.69, 9.17) is 42.3 Å². The van der Waals surface area contributed by atoms with Gasteiger partial charge in [-0.25, -0.2) is 27.5 Å². The van der Waals surface area contributed by atoms with Gasteiger partial charge in [0.1, 0.15) is 23.2 Å². The Hall–Kier alpha value is -3.73. The molecule has 1 saturated carbocycles. The summed E-state index contributed by atoms with van der Waals surface area (Å²) in [6.07, 6.45) is 9.35. The van der Waals surface area contributed by atoms with Crippen molar-refractivity contribution in [1.82, 2.24) is 20.0 Å². The quantitative estimate of drug-likeness (QED) is 0.0292. The van der Waals surface area contributed by atoms with Gasteiger partial charge in [0.2, 0.25) is 5.92 Å². The van der Waals surface area contributed by atoms with Gasteiger partial charge in [-0.2, -0.15) is 11.8 Å². The van der Waals surface area contributed by atoms with Crippen molar-refractivity contribution >= 4 is 45.9 Å². The van der Waals surface area contributed by atoms with Crippen LogP contribution >= 0.6 is 23.4 Å².